The van der Waals surface area contributed by atoms with E-state index in [0.29, 0.717) is 6.54 Å². The van der Waals surface area contributed by atoms with Crippen molar-refractivity contribution >= 4 is 27.4 Å². The van der Waals surface area contributed by atoms with Gasteiger partial charge < -0.3 is 10.2 Å². The Morgan fingerprint density at radius 3 is 2.87 bits per heavy atom. The minimum atomic E-state index is -3.91. The van der Waals surface area contributed by atoms with Crippen molar-refractivity contribution in [2.24, 2.45) is 5.92 Å². The summed E-state index contributed by atoms with van der Waals surface area (Å²) in [6.07, 6.45) is 6.43. The molecule has 3 rings (SSSR count). The number of rotatable bonds is 8. The molecule has 1 atom stereocenters. The molecular formula is C18H22N6O5S. The Hall–Kier alpha value is -3.12. The average molecular weight is 434 g/mol. The zero-order chi connectivity index (χ0) is 21.6. The van der Waals surface area contributed by atoms with Crippen molar-refractivity contribution < 1.29 is 18.1 Å². The van der Waals surface area contributed by atoms with Gasteiger partial charge in [0.05, 0.1) is 21.9 Å². The zero-order valence-electron chi connectivity index (χ0n) is 16.1. The summed E-state index contributed by atoms with van der Waals surface area (Å²) in [6, 6.07) is 4.79. The van der Waals surface area contributed by atoms with Crippen LogP contribution in [-0.4, -0.2) is 55.4 Å². The van der Waals surface area contributed by atoms with Crippen LogP contribution in [0.5, 0.6) is 0 Å². The third-order valence-electron chi connectivity index (χ3n) is 4.72. The molecule has 0 radical (unpaired) electrons. The number of benzene rings is 1. The molecular weight excluding hydrogens is 412 g/mol. The van der Waals surface area contributed by atoms with Crippen LogP contribution in [0.25, 0.3) is 0 Å². The standard InChI is InChI=1S/C18H22N6O5S/c25-18(14-3-2-10-23(13-14)17-12-19-6-7-20-17)21-8-9-22-30(28,29)16-5-1-4-15(11-16)24(26)27/h1,4-7,11-12,14,22H,2-3,8-10,13H2,(H,21,25). The van der Waals surface area contributed by atoms with Crippen LogP contribution in [0.15, 0.2) is 47.8 Å². The van der Waals surface area contributed by atoms with E-state index in [1.807, 2.05) is 4.90 Å². The fourth-order valence-electron chi connectivity index (χ4n) is 3.22. The van der Waals surface area contributed by atoms with E-state index in [9.17, 15) is 23.3 Å². The van der Waals surface area contributed by atoms with E-state index in [1.54, 1.807) is 18.6 Å². The van der Waals surface area contributed by atoms with Gasteiger partial charge in [0.2, 0.25) is 15.9 Å². The number of non-ortho nitro benzene ring substituents is 1. The highest BCUT2D eigenvalue weighted by Gasteiger charge is 2.26. The third-order valence-corrected chi connectivity index (χ3v) is 6.18. The highest BCUT2D eigenvalue weighted by Crippen LogP contribution is 2.21. The van der Waals surface area contributed by atoms with E-state index in [4.69, 9.17) is 0 Å². The van der Waals surface area contributed by atoms with Gasteiger partial charge in [-0.05, 0) is 18.9 Å². The molecule has 2 aromatic rings. The van der Waals surface area contributed by atoms with Crippen molar-refractivity contribution in [3.63, 3.8) is 0 Å². The van der Waals surface area contributed by atoms with E-state index in [-0.39, 0.29) is 35.5 Å². The molecule has 1 amide bonds. The summed E-state index contributed by atoms with van der Waals surface area (Å²) in [6.45, 7) is 1.39. The van der Waals surface area contributed by atoms with E-state index in [2.05, 4.69) is 20.0 Å². The molecule has 160 valence electrons. The molecule has 1 fully saturated rings. The Labute approximate surface area is 173 Å². The van der Waals surface area contributed by atoms with Crippen LogP contribution in [0, 0.1) is 16.0 Å². The maximum atomic E-state index is 12.5. The molecule has 0 spiro atoms. The number of sulfonamides is 1. The number of hydrogen-bond donors (Lipinski definition) is 2. The zero-order valence-corrected chi connectivity index (χ0v) is 16.9. The van der Waals surface area contributed by atoms with Crippen LogP contribution >= 0.6 is 0 Å². The third kappa shape index (κ3) is 5.48. The first-order valence-electron chi connectivity index (χ1n) is 9.39. The molecule has 2 N–H and O–H groups in total. The number of nitrogens with one attached hydrogen (secondary N) is 2. The Morgan fingerprint density at radius 2 is 2.13 bits per heavy atom. The van der Waals surface area contributed by atoms with Crippen molar-refractivity contribution in [1.29, 1.82) is 0 Å². The fourth-order valence-corrected chi connectivity index (χ4v) is 4.29. The fraction of sp³-hybridized carbons (Fsp3) is 0.389. The first-order chi connectivity index (χ1) is 14.4. The number of carbonyl (C=O) groups is 1. The van der Waals surface area contributed by atoms with Crippen LogP contribution < -0.4 is 14.9 Å². The number of anilines is 1. The second-order valence-corrected chi connectivity index (χ2v) is 8.56. The summed E-state index contributed by atoms with van der Waals surface area (Å²) >= 11 is 0. The number of hydrogen-bond acceptors (Lipinski definition) is 8. The quantitative estimate of drug-likeness (QED) is 0.350. The van der Waals surface area contributed by atoms with Crippen LogP contribution in [0.3, 0.4) is 0 Å². The van der Waals surface area contributed by atoms with E-state index >= 15 is 0 Å². The van der Waals surface area contributed by atoms with E-state index < -0.39 is 14.9 Å². The van der Waals surface area contributed by atoms with Crippen LogP contribution in [-0.2, 0) is 14.8 Å². The molecule has 30 heavy (non-hydrogen) atoms. The number of nitrogens with zero attached hydrogens (tertiary/aromatic N) is 4. The molecule has 0 aliphatic carbocycles. The summed E-state index contributed by atoms with van der Waals surface area (Å²) in [4.78, 5) is 32.7. The number of aromatic nitrogens is 2. The molecule has 1 aromatic heterocycles. The molecule has 1 aliphatic heterocycles. The predicted octanol–water partition coefficient (Wildman–Crippen LogP) is 0.696. The lowest BCUT2D eigenvalue weighted by Gasteiger charge is -2.32. The van der Waals surface area contributed by atoms with Crippen LogP contribution in [0.2, 0.25) is 0 Å². The summed E-state index contributed by atoms with van der Waals surface area (Å²) in [7, 11) is -3.91. The van der Waals surface area contributed by atoms with E-state index in [1.165, 1.54) is 18.2 Å². The van der Waals surface area contributed by atoms with Gasteiger partial charge in [-0.3, -0.25) is 19.9 Å². The van der Waals surface area contributed by atoms with Gasteiger partial charge in [0, 0.05) is 50.7 Å². The largest absolute Gasteiger partial charge is 0.355 e. The molecule has 0 bridgehead atoms. The average Bonchev–Trinajstić information content (AvgIpc) is 2.77. The number of amides is 1. The smallest absolute Gasteiger partial charge is 0.270 e. The van der Waals surface area contributed by atoms with Gasteiger partial charge in [-0.15, -0.1) is 0 Å². The predicted molar refractivity (Wildman–Crippen MR) is 108 cm³/mol. The number of carbonyl (C=O) groups excluding carboxylic acids is 1. The van der Waals surface area contributed by atoms with Gasteiger partial charge in [0.1, 0.15) is 5.82 Å². The van der Waals surface area contributed by atoms with Crippen molar-refractivity contribution in [3.05, 3.63) is 53.0 Å². The highest BCUT2D eigenvalue weighted by atomic mass is 32.2. The second kappa shape index (κ2) is 9.59. The van der Waals surface area contributed by atoms with Gasteiger partial charge >= 0.3 is 0 Å². The molecule has 1 aliphatic rings. The minimum Gasteiger partial charge on any atom is -0.355 e. The van der Waals surface area contributed by atoms with Crippen molar-refractivity contribution in [2.45, 2.75) is 17.7 Å². The number of piperidine rings is 1. The van der Waals surface area contributed by atoms with Crippen molar-refractivity contribution in [3.8, 4) is 0 Å². The van der Waals surface area contributed by atoms with Gasteiger partial charge in [-0.2, -0.15) is 0 Å². The molecule has 1 aromatic carbocycles. The SMILES string of the molecule is O=C(NCCNS(=O)(=O)c1cccc([N+](=O)[O-])c1)C1CCCN(c2cnccn2)C1. The molecule has 1 unspecified atom stereocenters. The maximum absolute atomic E-state index is 12.5. The lowest BCUT2D eigenvalue weighted by Crippen LogP contribution is -2.45. The van der Waals surface area contributed by atoms with E-state index in [0.717, 1.165) is 31.3 Å². The highest BCUT2D eigenvalue weighted by molar-refractivity contribution is 7.89. The summed E-state index contributed by atoms with van der Waals surface area (Å²) in [5, 5.41) is 13.6. The normalized spacial score (nSPS) is 16.8. The summed E-state index contributed by atoms with van der Waals surface area (Å²) in [5.41, 5.74) is -0.309. The Morgan fingerprint density at radius 1 is 1.30 bits per heavy atom. The lowest BCUT2D eigenvalue weighted by atomic mass is 9.97. The van der Waals surface area contributed by atoms with Gasteiger partial charge in [0.25, 0.3) is 5.69 Å². The van der Waals surface area contributed by atoms with Crippen molar-refractivity contribution in [2.75, 3.05) is 31.1 Å². The number of nitro groups is 1. The molecule has 0 saturated carbocycles. The molecule has 2 heterocycles. The maximum Gasteiger partial charge on any atom is 0.270 e. The van der Waals surface area contributed by atoms with Crippen LogP contribution in [0.1, 0.15) is 12.8 Å². The van der Waals surface area contributed by atoms with Gasteiger partial charge in [0.15, 0.2) is 0 Å². The molecule has 1 saturated heterocycles. The summed E-state index contributed by atoms with van der Waals surface area (Å²) in [5.74, 6) is 0.340. The first kappa shape index (κ1) is 21.6. The first-order valence-corrected chi connectivity index (χ1v) is 10.9. The second-order valence-electron chi connectivity index (χ2n) is 6.79. The Bertz CT molecular complexity index is 1000. The summed E-state index contributed by atoms with van der Waals surface area (Å²) < 4.78 is 26.9. The topological polar surface area (TPSA) is 147 Å². The van der Waals surface area contributed by atoms with Crippen molar-refractivity contribution in [1.82, 2.24) is 20.0 Å². The Balaban J connectivity index is 1.48. The minimum absolute atomic E-state index is 0.0304. The van der Waals surface area contributed by atoms with Gasteiger partial charge in [-0.1, -0.05) is 6.07 Å². The van der Waals surface area contributed by atoms with Gasteiger partial charge in [-0.25, -0.2) is 18.1 Å². The lowest BCUT2D eigenvalue weighted by molar-refractivity contribution is -0.385. The number of nitro benzene ring substituents is 1. The van der Waals surface area contributed by atoms with Crippen LogP contribution in [0.4, 0.5) is 11.5 Å². The Kier molecular flexibility index (Phi) is 6.90. The monoisotopic (exact) mass is 434 g/mol. The molecule has 11 nitrogen and oxygen atoms in total. The molecule has 12 heteroatoms.